The highest BCUT2D eigenvalue weighted by atomic mass is 16.5. The van der Waals surface area contributed by atoms with Crippen LogP contribution in [0.5, 0.6) is 0 Å². The van der Waals surface area contributed by atoms with Crippen molar-refractivity contribution in [1.29, 1.82) is 0 Å². The zero-order chi connectivity index (χ0) is 17.4. The number of unbranched alkanes of at least 4 members (excludes halogenated alkanes) is 2. The van der Waals surface area contributed by atoms with Gasteiger partial charge in [-0.1, -0.05) is 50.5 Å². The van der Waals surface area contributed by atoms with Crippen LogP contribution < -0.4 is 0 Å². The van der Waals surface area contributed by atoms with Crippen molar-refractivity contribution in [2.75, 3.05) is 0 Å². The Labute approximate surface area is 145 Å². The van der Waals surface area contributed by atoms with E-state index in [0.29, 0.717) is 12.8 Å². The van der Waals surface area contributed by atoms with E-state index in [1.165, 1.54) is 0 Å². The predicted molar refractivity (Wildman–Crippen MR) is 94.4 cm³/mol. The molecule has 1 aliphatic carbocycles. The number of allylic oxidation sites excluding steroid dienone is 2. The summed E-state index contributed by atoms with van der Waals surface area (Å²) in [5.41, 5.74) is 0. The summed E-state index contributed by atoms with van der Waals surface area (Å²) in [6.45, 7) is 2.14. The first kappa shape index (κ1) is 19.2. The van der Waals surface area contributed by atoms with Crippen molar-refractivity contribution in [3.8, 4) is 0 Å². The van der Waals surface area contributed by atoms with Crippen LogP contribution in [-0.4, -0.2) is 34.5 Å². The van der Waals surface area contributed by atoms with Crippen LogP contribution in [0.3, 0.4) is 0 Å². The van der Waals surface area contributed by atoms with Gasteiger partial charge in [0.25, 0.3) is 0 Å². The number of ether oxygens (including phenoxy) is 1. The Morgan fingerprint density at radius 3 is 3.00 bits per heavy atom. The molecule has 0 bridgehead atoms. The Kier molecular flexibility index (Phi) is 8.00. The number of aliphatic hydroxyl groups excluding tert-OH is 2. The van der Waals surface area contributed by atoms with E-state index in [1.807, 2.05) is 12.2 Å². The van der Waals surface area contributed by atoms with E-state index in [9.17, 15) is 15.0 Å². The van der Waals surface area contributed by atoms with E-state index < -0.39 is 12.2 Å². The van der Waals surface area contributed by atoms with Crippen molar-refractivity contribution in [2.24, 2.45) is 11.8 Å². The van der Waals surface area contributed by atoms with Crippen LogP contribution in [0, 0.1) is 11.8 Å². The third-order valence-electron chi connectivity index (χ3n) is 5.16. The lowest BCUT2D eigenvalue weighted by atomic mass is 9.89. The number of hydrogen-bond donors (Lipinski definition) is 2. The van der Waals surface area contributed by atoms with Crippen LogP contribution in [0.4, 0.5) is 0 Å². The average molecular weight is 336 g/mol. The summed E-state index contributed by atoms with van der Waals surface area (Å²) in [6, 6.07) is 0. The van der Waals surface area contributed by atoms with Gasteiger partial charge in [-0.15, -0.1) is 0 Å². The lowest BCUT2D eigenvalue weighted by molar-refractivity contribution is -0.151. The molecule has 2 rings (SSSR count). The van der Waals surface area contributed by atoms with Crippen molar-refractivity contribution in [2.45, 2.75) is 83.0 Å². The molecule has 2 aliphatic rings. The normalized spacial score (nSPS) is 33.9. The van der Waals surface area contributed by atoms with E-state index in [2.05, 4.69) is 19.1 Å². The van der Waals surface area contributed by atoms with Gasteiger partial charge in [0.15, 0.2) is 0 Å². The molecule has 1 heterocycles. The zero-order valence-electron chi connectivity index (χ0n) is 14.8. The Morgan fingerprint density at radius 1 is 1.38 bits per heavy atom. The minimum atomic E-state index is -0.513. The molecule has 0 radical (unpaired) electrons. The van der Waals surface area contributed by atoms with Gasteiger partial charge in [0.2, 0.25) is 0 Å². The molecule has 0 aromatic rings. The lowest BCUT2D eigenvalue weighted by Crippen LogP contribution is -2.25. The molecule has 1 saturated carbocycles. The van der Waals surface area contributed by atoms with E-state index in [4.69, 9.17) is 4.74 Å². The molecule has 0 aromatic carbocycles. The van der Waals surface area contributed by atoms with Crippen LogP contribution in [0.1, 0.15) is 64.7 Å². The standard InChI is InChI=1S/C20H32O4/c1-2-3-6-9-15(21)12-13-16-17-10-7-4-5-8-11-20(23)24-19(17)14-18(16)22/h4,7,12-13,15-19,21-22H,2-3,5-6,8-11,14H2,1H3/b7-4-,13-12+/t15-,16-,17+,18+,19-/m1/s1. The number of fused-ring (bicyclic) bond motifs is 1. The molecule has 0 amide bonds. The highest BCUT2D eigenvalue weighted by Crippen LogP contribution is 2.38. The predicted octanol–water partition coefficient (Wildman–Crippen LogP) is 3.52. The summed E-state index contributed by atoms with van der Waals surface area (Å²) < 4.78 is 5.61. The molecule has 1 fully saturated rings. The zero-order valence-corrected chi connectivity index (χ0v) is 14.8. The molecule has 0 aromatic heterocycles. The molecule has 0 spiro atoms. The minimum absolute atomic E-state index is 0.0623. The van der Waals surface area contributed by atoms with Crippen molar-refractivity contribution in [1.82, 2.24) is 0 Å². The summed E-state index contributed by atoms with van der Waals surface area (Å²) in [5, 5.41) is 20.5. The first-order chi connectivity index (χ1) is 11.6. The monoisotopic (exact) mass is 336 g/mol. The minimum Gasteiger partial charge on any atom is -0.462 e. The van der Waals surface area contributed by atoms with Gasteiger partial charge in [-0.25, -0.2) is 0 Å². The maximum atomic E-state index is 11.9. The van der Waals surface area contributed by atoms with Gasteiger partial charge >= 0.3 is 5.97 Å². The summed E-state index contributed by atoms with van der Waals surface area (Å²) in [7, 11) is 0. The molecular formula is C20H32O4. The Balaban J connectivity index is 1.99. The second-order valence-corrected chi connectivity index (χ2v) is 7.12. The van der Waals surface area contributed by atoms with Crippen LogP contribution in [0.2, 0.25) is 0 Å². The Hall–Kier alpha value is -1.13. The number of aliphatic hydroxyl groups is 2. The number of esters is 1. The van der Waals surface area contributed by atoms with Crippen molar-refractivity contribution in [3.05, 3.63) is 24.3 Å². The van der Waals surface area contributed by atoms with Gasteiger partial charge in [-0.05, 0) is 25.7 Å². The van der Waals surface area contributed by atoms with Crippen LogP contribution >= 0.6 is 0 Å². The summed E-state index contributed by atoms with van der Waals surface area (Å²) >= 11 is 0. The van der Waals surface area contributed by atoms with Crippen LogP contribution in [0.25, 0.3) is 0 Å². The third kappa shape index (κ3) is 5.75. The van der Waals surface area contributed by atoms with Gasteiger partial charge in [0.1, 0.15) is 6.10 Å². The first-order valence-electron chi connectivity index (χ1n) is 9.50. The average Bonchev–Trinajstić information content (AvgIpc) is 2.84. The SMILES string of the molecule is CCCCC[C@@H](O)/C=C/[C@@H]1[C@@H]2C/C=C\CCCC(=O)O[C@@H]2C[C@@H]1O. The summed E-state index contributed by atoms with van der Waals surface area (Å²) in [6.07, 6.45) is 14.3. The highest BCUT2D eigenvalue weighted by molar-refractivity contribution is 5.69. The lowest BCUT2D eigenvalue weighted by Gasteiger charge is -2.23. The second-order valence-electron chi connectivity index (χ2n) is 7.12. The van der Waals surface area contributed by atoms with Crippen molar-refractivity contribution < 1.29 is 19.7 Å². The highest BCUT2D eigenvalue weighted by Gasteiger charge is 2.42. The smallest absolute Gasteiger partial charge is 0.306 e. The van der Waals surface area contributed by atoms with Gasteiger partial charge in [0, 0.05) is 24.7 Å². The number of rotatable bonds is 6. The molecule has 4 heteroatoms. The fraction of sp³-hybridized carbons (Fsp3) is 0.750. The molecule has 0 unspecified atom stereocenters. The number of carbonyl (C=O) groups is 1. The molecule has 2 N–H and O–H groups in total. The molecule has 4 nitrogen and oxygen atoms in total. The van der Waals surface area contributed by atoms with Gasteiger partial charge < -0.3 is 14.9 Å². The van der Waals surface area contributed by atoms with Gasteiger partial charge in [-0.2, -0.15) is 0 Å². The number of hydrogen-bond acceptors (Lipinski definition) is 4. The second kappa shape index (κ2) is 10.00. The van der Waals surface area contributed by atoms with E-state index in [-0.39, 0.29) is 23.9 Å². The van der Waals surface area contributed by atoms with Gasteiger partial charge in [-0.3, -0.25) is 4.79 Å². The summed E-state index contributed by atoms with van der Waals surface area (Å²) in [4.78, 5) is 11.9. The van der Waals surface area contributed by atoms with Crippen LogP contribution in [0.15, 0.2) is 24.3 Å². The molecule has 1 aliphatic heterocycles. The number of carbonyl (C=O) groups excluding carboxylic acids is 1. The Morgan fingerprint density at radius 2 is 2.21 bits per heavy atom. The maximum absolute atomic E-state index is 11.9. The third-order valence-corrected chi connectivity index (χ3v) is 5.16. The maximum Gasteiger partial charge on any atom is 0.306 e. The fourth-order valence-corrected chi connectivity index (χ4v) is 3.74. The van der Waals surface area contributed by atoms with Crippen molar-refractivity contribution >= 4 is 5.97 Å². The molecule has 0 saturated heterocycles. The molecule has 24 heavy (non-hydrogen) atoms. The summed E-state index contributed by atoms with van der Waals surface area (Å²) in [5.74, 6) is -0.123. The first-order valence-corrected chi connectivity index (χ1v) is 9.50. The quantitative estimate of drug-likeness (QED) is 0.442. The fourth-order valence-electron chi connectivity index (χ4n) is 3.74. The molecule has 136 valence electrons. The largest absolute Gasteiger partial charge is 0.462 e. The van der Waals surface area contributed by atoms with E-state index >= 15 is 0 Å². The van der Waals surface area contributed by atoms with Crippen LogP contribution in [-0.2, 0) is 9.53 Å². The molecular weight excluding hydrogens is 304 g/mol. The Bertz CT molecular complexity index is 443. The topological polar surface area (TPSA) is 66.8 Å². The van der Waals surface area contributed by atoms with Crippen molar-refractivity contribution in [3.63, 3.8) is 0 Å². The molecule has 5 atom stereocenters. The van der Waals surface area contributed by atoms with E-state index in [0.717, 1.165) is 44.9 Å². The van der Waals surface area contributed by atoms with E-state index in [1.54, 1.807) is 0 Å². The van der Waals surface area contributed by atoms with Gasteiger partial charge in [0.05, 0.1) is 12.2 Å².